The van der Waals surface area contributed by atoms with Crippen molar-refractivity contribution in [2.75, 3.05) is 24.2 Å². The van der Waals surface area contributed by atoms with E-state index in [0.717, 1.165) is 9.87 Å². The molecule has 2 N–H and O–H groups in total. The summed E-state index contributed by atoms with van der Waals surface area (Å²) in [5.74, 6) is -0.711. The zero-order chi connectivity index (χ0) is 22.3. The van der Waals surface area contributed by atoms with Crippen molar-refractivity contribution in [3.8, 4) is 0 Å². The number of nitrogens with one attached hydrogen (secondary N) is 2. The van der Waals surface area contributed by atoms with Gasteiger partial charge in [0.1, 0.15) is 0 Å². The summed E-state index contributed by atoms with van der Waals surface area (Å²) < 4.78 is 31.9. The van der Waals surface area contributed by atoms with Crippen LogP contribution in [0, 0.1) is 0 Å². The first-order valence-electron chi connectivity index (χ1n) is 9.42. The number of carbonyl (C=O) groups excluding carboxylic acids is 2. The van der Waals surface area contributed by atoms with Gasteiger partial charge >= 0.3 is 0 Å². The summed E-state index contributed by atoms with van der Waals surface area (Å²) in [7, 11) is -2.52. The third-order valence-electron chi connectivity index (χ3n) is 4.04. The standard InChI is InChI=1S/C21H27N3O5S/c1-15(2)29-14-17-6-5-7-19(12-17)23-21(26)13-24(4)30(27,28)20-10-8-18(9-11-20)22-16(3)25/h5-12,15H,13-14H2,1-4H3,(H,22,25)(H,23,26). The second-order valence-electron chi connectivity index (χ2n) is 7.07. The molecule has 2 aromatic rings. The Hall–Kier alpha value is -2.75. The molecular formula is C21H27N3O5S. The number of ether oxygens (including phenoxy) is 1. The summed E-state index contributed by atoms with van der Waals surface area (Å²) in [5.41, 5.74) is 1.96. The minimum Gasteiger partial charge on any atom is -0.374 e. The van der Waals surface area contributed by atoms with Gasteiger partial charge in [0, 0.05) is 25.3 Å². The molecule has 0 atom stereocenters. The highest BCUT2D eigenvalue weighted by Gasteiger charge is 2.23. The highest BCUT2D eigenvalue weighted by molar-refractivity contribution is 7.89. The molecule has 0 aliphatic rings. The molecule has 0 saturated heterocycles. The van der Waals surface area contributed by atoms with Crippen LogP contribution in [0.5, 0.6) is 0 Å². The fraction of sp³-hybridized carbons (Fsp3) is 0.333. The summed E-state index contributed by atoms with van der Waals surface area (Å²) in [5, 5.41) is 5.28. The molecule has 0 fully saturated rings. The van der Waals surface area contributed by atoms with Gasteiger partial charge < -0.3 is 15.4 Å². The minimum atomic E-state index is -3.86. The summed E-state index contributed by atoms with van der Waals surface area (Å²) in [4.78, 5) is 23.5. The zero-order valence-electron chi connectivity index (χ0n) is 17.5. The van der Waals surface area contributed by atoms with Gasteiger partial charge in [-0.15, -0.1) is 0 Å². The Balaban J connectivity index is 2.00. The van der Waals surface area contributed by atoms with Crippen LogP contribution in [0.2, 0.25) is 0 Å². The average Bonchev–Trinajstić information content (AvgIpc) is 2.66. The summed E-state index contributed by atoms with van der Waals surface area (Å²) in [6, 6.07) is 13.0. The third kappa shape index (κ3) is 6.94. The van der Waals surface area contributed by atoms with Crippen molar-refractivity contribution in [1.82, 2.24) is 4.31 Å². The molecule has 30 heavy (non-hydrogen) atoms. The first-order chi connectivity index (χ1) is 14.1. The lowest BCUT2D eigenvalue weighted by molar-refractivity contribution is -0.116. The van der Waals surface area contributed by atoms with Gasteiger partial charge in [0.2, 0.25) is 21.8 Å². The summed E-state index contributed by atoms with van der Waals surface area (Å²) >= 11 is 0. The van der Waals surface area contributed by atoms with Gasteiger partial charge in [-0.2, -0.15) is 4.31 Å². The average molecular weight is 434 g/mol. The van der Waals surface area contributed by atoms with Crippen LogP contribution in [0.25, 0.3) is 0 Å². The van der Waals surface area contributed by atoms with Gasteiger partial charge in [-0.05, 0) is 55.8 Å². The summed E-state index contributed by atoms with van der Waals surface area (Å²) in [6.07, 6.45) is 0.0920. The molecule has 0 aliphatic heterocycles. The SMILES string of the molecule is CC(=O)Nc1ccc(S(=O)(=O)N(C)CC(=O)Nc2cccc(COC(C)C)c2)cc1. The Morgan fingerprint density at radius 3 is 2.30 bits per heavy atom. The Labute approximate surface area is 177 Å². The minimum absolute atomic E-state index is 0.0275. The molecule has 2 amide bonds. The molecule has 0 aromatic heterocycles. The number of amides is 2. The number of rotatable bonds is 9. The molecule has 8 nitrogen and oxygen atoms in total. The van der Waals surface area contributed by atoms with Gasteiger partial charge in [0.05, 0.1) is 24.2 Å². The molecule has 162 valence electrons. The van der Waals surface area contributed by atoms with Gasteiger partial charge in [-0.1, -0.05) is 12.1 Å². The maximum Gasteiger partial charge on any atom is 0.243 e. The highest BCUT2D eigenvalue weighted by atomic mass is 32.2. The number of nitrogens with zero attached hydrogens (tertiary/aromatic N) is 1. The van der Waals surface area contributed by atoms with E-state index in [1.54, 1.807) is 18.2 Å². The number of hydrogen-bond acceptors (Lipinski definition) is 5. The maximum atomic E-state index is 12.7. The molecule has 2 aromatic carbocycles. The fourth-order valence-electron chi connectivity index (χ4n) is 2.58. The normalized spacial score (nSPS) is 11.5. The summed E-state index contributed by atoms with van der Waals surface area (Å²) in [6.45, 7) is 5.32. The largest absolute Gasteiger partial charge is 0.374 e. The molecule has 0 spiro atoms. The van der Waals surface area contributed by atoms with Crippen LogP contribution in [0.3, 0.4) is 0 Å². The van der Waals surface area contributed by atoms with E-state index in [-0.39, 0.29) is 23.5 Å². The van der Waals surface area contributed by atoms with Gasteiger partial charge in [-0.25, -0.2) is 8.42 Å². The molecule has 0 unspecified atom stereocenters. The predicted molar refractivity (Wildman–Crippen MR) is 116 cm³/mol. The Morgan fingerprint density at radius 2 is 1.70 bits per heavy atom. The Morgan fingerprint density at radius 1 is 1.03 bits per heavy atom. The van der Waals surface area contributed by atoms with E-state index in [1.165, 1.54) is 38.2 Å². The number of anilines is 2. The van der Waals surface area contributed by atoms with Gasteiger partial charge in [-0.3, -0.25) is 9.59 Å². The van der Waals surface area contributed by atoms with E-state index < -0.39 is 15.9 Å². The number of sulfonamides is 1. The third-order valence-corrected chi connectivity index (χ3v) is 5.86. The highest BCUT2D eigenvalue weighted by Crippen LogP contribution is 2.18. The topological polar surface area (TPSA) is 105 Å². The van der Waals surface area contributed by atoms with E-state index >= 15 is 0 Å². The van der Waals surface area contributed by atoms with Gasteiger partial charge in [0.25, 0.3) is 0 Å². The van der Waals surface area contributed by atoms with Crippen LogP contribution in [0.4, 0.5) is 11.4 Å². The number of hydrogen-bond donors (Lipinski definition) is 2. The van der Waals surface area contributed by atoms with Crippen molar-refractivity contribution in [1.29, 1.82) is 0 Å². The Kier molecular flexibility index (Phi) is 8.10. The Bertz CT molecular complexity index is 988. The van der Waals surface area contributed by atoms with Crippen LogP contribution in [-0.4, -0.2) is 44.2 Å². The van der Waals surface area contributed by atoms with Crippen LogP contribution < -0.4 is 10.6 Å². The van der Waals surface area contributed by atoms with E-state index in [0.29, 0.717) is 18.0 Å². The molecule has 0 bridgehead atoms. The van der Waals surface area contributed by atoms with Crippen LogP contribution >= 0.6 is 0 Å². The number of carbonyl (C=O) groups is 2. The van der Waals surface area contributed by atoms with Crippen molar-refractivity contribution >= 4 is 33.2 Å². The van der Waals surface area contributed by atoms with E-state index in [2.05, 4.69) is 10.6 Å². The maximum absolute atomic E-state index is 12.7. The van der Waals surface area contributed by atoms with E-state index in [1.807, 2.05) is 19.9 Å². The number of benzene rings is 2. The first kappa shape index (κ1) is 23.5. The monoisotopic (exact) mass is 433 g/mol. The molecule has 0 radical (unpaired) electrons. The molecule has 0 aliphatic carbocycles. The molecule has 2 rings (SSSR count). The van der Waals surface area contributed by atoms with Crippen molar-refractivity contribution in [3.63, 3.8) is 0 Å². The van der Waals surface area contributed by atoms with Crippen molar-refractivity contribution in [2.24, 2.45) is 0 Å². The van der Waals surface area contributed by atoms with Crippen LogP contribution in [-0.2, 0) is 31.0 Å². The van der Waals surface area contributed by atoms with E-state index in [9.17, 15) is 18.0 Å². The molecule has 0 saturated carbocycles. The van der Waals surface area contributed by atoms with Gasteiger partial charge in [0.15, 0.2) is 0 Å². The lowest BCUT2D eigenvalue weighted by Gasteiger charge is -2.17. The van der Waals surface area contributed by atoms with Crippen molar-refractivity contribution in [2.45, 2.75) is 38.4 Å². The smallest absolute Gasteiger partial charge is 0.243 e. The second-order valence-corrected chi connectivity index (χ2v) is 9.12. The van der Waals surface area contributed by atoms with Crippen molar-refractivity contribution < 1.29 is 22.7 Å². The molecule has 0 heterocycles. The first-order valence-corrected chi connectivity index (χ1v) is 10.9. The van der Waals surface area contributed by atoms with Crippen LogP contribution in [0.15, 0.2) is 53.4 Å². The van der Waals surface area contributed by atoms with Crippen molar-refractivity contribution in [3.05, 3.63) is 54.1 Å². The predicted octanol–water partition coefficient (Wildman–Crippen LogP) is 2.83. The lowest BCUT2D eigenvalue weighted by Crippen LogP contribution is -2.35. The van der Waals surface area contributed by atoms with E-state index in [4.69, 9.17) is 4.74 Å². The second kappa shape index (κ2) is 10.3. The zero-order valence-corrected chi connectivity index (χ0v) is 18.3. The quantitative estimate of drug-likeness (QED) is 0.633. The molecular weight excluding hydrogens is 406 g/mol. The number of likely N-dealkylation sites (N-methyl/N-ethyl adjacent to an activating group) is 1. The lowest BCUT2D eigenvalue weighted by atomic mass is 10.2. The fourth-order valence-corrected chi connectivity index (χ4v) is 3.71. The van der Waals surface area contributed by atoms with Crippen LogP contribution in [0.1, 0.15) is 26.3 Å². The molecule has 9 heteroatoms.